The molecule has 0 spiro atoms. The van der Waals surface area contributed by atoms with Crippen molar-refractivity contribution in [2.24, 2.45) is 0 Å². The maximum absolute atomic E-state index is 13.5. The summed E-state index contributed by atoms with van der Waals surface area (Å²) in [6.45, 7) is 0.0629. The highest BCUT2D eigenvalue weighted by Gasteiger charge is 2.23. The first-order valence-electron chi connectivity index (χ1n) is 8.56. The van der Waals surface area contributed by atoms with E-state index in [1.165, 1.54) is 12.5 Å². The molecule has 0 radical (unpaired) electrons. The Morgan fingerprint density at radius 2 is 1.80 bits per heavy atom. The van der Waals surface area contributed by atoms with E-state index < -0.39 is 17.5 Å². The molecule has 7 heteroatoms. The van der Waals surface area contributed by atoms with Crippen molar-refractivity contribution in [3.05, 3.63) is 29.8 Å². The smallest absolute Gasteiger partial charge is 0.238 e. The maximum Gasteiger partial charge on any atom is 0.238 e. The molecule has 5 nitrogen and oxygen atoms in total. The van der Waals surface area contributed by atoms with Crippen molar-refractivity contribution in [3.8, 4) is 0 Å². The molecule has 0 atom stereocenters. The second kappa shape index (κ2) is 8.89. The lowest BCUT2D eigenvalue weighted by Crippen LogP contribution is -2.44. The fraction of sp³-hybridized carbons (Fsp3) is 0.556. The number of amides is 2. The van der Waals surface area contributed by atoms with Crippen LogP contribution in [-0.4, -0.2) is 54.8 Å². The molecule has 138 valence electrons. The van der Waals surface area contributed by atoms with E-state index >= 15 is 0 Å². The number of nitrogens with zero attached hydrogens (tertiary/aromatic N) is 2. The zero-order valence-electron chi connectivity index (χ0n) is 14.7. The van der Waals surface area contributed by atoms with Crippen LogP contribution in [0.15, 0.2) is 18.2 Å². The second-order valence-electron chi connectivity index (χ2n) is 6.64. The standard InChI is InChI=1S/C18H25F2N3O2/c1-22(12-18(25)23(2)14-6-4-3-5-7-14)11-17(24)21-16-9-8-13(19)10-15(16)20/h8-10,14H,3-7,11-12H2,1-2H3,(H,21,24). The van der Waals surface area contributed by atoms with Crippen LogP contribution in [0.2, 0.25) is 0 Å². The van der Waals surface area contributed by atoms with Crippen LogP contribution in [0.1, 0.15) is 32.1 Å². The average molecular weight is 353 g/mol. The molecule has 2 rings (SSSR count). The van der Waals surface area contributed by atoms with Gasteiger partial charge in [-0.15, -0.1) is 0 Å². The Labute approximate surface area is 147 Å². The van der Waals surface area contributed by atoms with Crippen molar-refractivity contribution < 1.29 is 18.4 Å². The molecule has 0 aromatic heterocycles. The van der Waals surface area contributed by atoms with Crippen LogP contribution < -0.4 is 5.32 Å². The molecule has 1 aromatic rings. The summed E-state index contributed by atoms with van der Waals surface area (Å²) in [4.78, 5) is 27.7. The number of benzene rings is 1. The molecule has 2 amide bonds. The fourth-order valence-electron chi connectivity index (χ4n) is 3.10. The summed E-state index contributed by atoms with van der Waals surface area (Å²) in [7, 11) is 3.47. The Balaban J connectivity index is 1.81. The predicted molar refractivity (Wildman–Crippen MR) is 92.1 cm³/mol. The SMILES string of the molecule is CN(CC(=O)Nc1ccc(F)cc1F)CC(=O)N(C)C1CCCCC1. The summed E-state index contributed by atoms with van der Waals surface area (Å²) in [6.07, 6.45) is 5.55. The largest absolute Gasteiger partial charge is 0.342 e. The summed E-state index contributed by atoms with van der Waals surface area (Å²) < 4.78 is 26.4. The van der Waals surface area contributed by atoms with Crippen molar-refractivity contribution in [2.45, 2.75) is 38.1 Å². The topological polar surface area (TPSA) is 52.7 Å². The highest BCUT2D eigenvalue weighted by atomic mass is 19.1. The number of hydrogen-bond donors (Lipinski definition) is 1. The zero-order valence-corrected chi connectivity index (χ0v) is 14.7. The first kappa shape index (κ1) is 19.3. The molecule has 0 heterocycles. The van der Waals surface area contributed by atoms with Gasteiger partial charge < -0.3 is 10.2 Å². The molecular weight excluding hydrogens is 328 g/mol. The van der Waals surface area contributed by atoms with E-state index in [0.29, 0.717) is 6.07 Å². The van der Waals surface area contributed by atoms with Crippen LogP contribution in [0.25, 0.3) is 0 Å². The number of likely N-dealkylation sites (N-methyl/N-ethyl adjacent to an activating group) is 2. The van der Waals surface area contributed by atoms with Crippen molar-refractivity contribution in [2.75, 3.05) is 32.5 Å². The molecule has 1 aliphatic rings. The Morgan fingerprint density at radius 3 is 2.44 bits per heavy atom. The first-order chi connectivity index (χ1) is 11.9. The molecular formula is C18H25F2N3O2. The molecule has 1 aromatic carbocycles. The minimum absolute atomic E-state index is 0.0323. The van der Waals surface area contributed by atoms with Gasteiger partial charge in [0.05, 0.1) is 18.8 Å². The normalized spacial score (nSPS) is 15.2. The van der Waals surface area contributed by atoms with E-state index in [4.69, 9.17) is 0 Å². The van der Waals surface area contributed by atoms with Gasteiger partial charge in [0.1, 0.15) is 11.6 Å². The monoisotopic (exact) mass is 353 g/mol. The van der Waals surface area contributed by atoms with Gasteiger partial charge in [-0.1, -0.05) is 19.3 Å². The first-order valence-corrected chi connectivity index (χ1v) is 8.56. The summed E-state index contributed by atoms with van der Waals surface area (Å²) in [5.41, 5.74) is -0.0783. The summed E-state index contributed by atoms with van der Waals surface area (Å²) >= 11 is 0. The minimum Gasteiger partial charge on any atom is -0.342 e. The third-order valence-electron chi connectivity index (χ3n) is 4.54. The van der Waals surface area contributed by atoms with Crippen LogP contribution in [0.3, 0.4) is 0 Å². The highest BCUT2D eigenvalue weighted by molar-refractivity contribution is 5.92. The molecule has 1 saturated carbocycles. The minimum atomic E-state index is -0.830. The number of rotatable bonds is 6. The molecule has 0 bridgehead atoms. The van der Waals surface area contributed by atoms with Gasteiger partial charge in [0, 0.05) is 19.2 Å². The van der Waals surface area contributed by atoms with Crippen molar-refractivity contribution in [1.29, 1.82) is 0 Å². The van der Waals surface area contributed by atoms with Crippen LogP contribution in [0, 0.1) is 11.6 Å². The van der Waals surface area contributed by atoms with E-state index in [9.17, 15) is 18.4 Å². The lowest BCUT2D eigenvalue weighted by Gasteiger charge is -2.32. The number of carbonyl (C=O) groups excluding carboxylic acids is 2. The maximum atomic E-state index is 13.5. The number of anilines is 1. The van der Waals surface area contributed by atoms with E-state index in [1.807, 2.05) is 0 Å². The molecule has 0 unspecified atom stereocenters. The predicted octanol–water partition coefficient (Wildman–Crippen LogP) is 2.63. The molecule has 1 aliphatic carbocycles. The molecule has 0 saturated heterocycles. The second-order valence-corrected chi connectivity index (χ2v) is 6.64. The van der Waals surface area contributed by atoms with Crippen LogP contribution in [-0.2, 0) is 9.59 Å². The Morgan fingerprint density at radius 1 is 1.12 bits per heavy atom. The zero-order chi connectivity index (χ0) is 18.4. The third kappa shape index (κ3) is 5.77. The van der Waals surface area contributed by atoms with Crippen LogP contribution >= 0.6 is 0 Å². The van der Waals surface area contributed by atoms with Crippen molar-refractivity contribution >= 4 is 17.5 Å². The number of hydrogen-bond acceptors (Lipinski definition) is 3. The van der Waals surface area contributed by atoms with Crippen molar-refractivity contribution in [3.63, 3.8) is 0 Å². The van der Waals surface area contributed by atoms with Gasteiger partial charge >= 0.3 is 0 Å². The number of halogens is 2. The van der Waals surface area contributed by atoms with Gasteiger partial charge in [-0.05, 0) is 32.0 Å². The van der Waals surface area contributed by atoms with Gasteiger partial charge in [0.25, 0.3) is 0 Å². The summed E-state index contributed by atoms with van der Waals surface area (Å²) in [6, 6.07) is 3.23. The van der Waals surface area contributed by atoms with E-state index in [0.717, 1.165) is 31.7 Å². The molecule has 25 heavy (non-hydrogen) atoms. The van der Waals surface area contributed by atoms with Gasteiger partial charge in [-0.25, -0.2) is 8.78 Å². The van der Waals surface area contributed by atoms with Crippen LogP contribution in [0.4, 0.5) is 14.5 Å². The summed E-state index contributed by atoms with van der Waals surface area (Å²) in [5.74, 6) is -2.02. The van der Waals surface area contributed by atoms with Crippen molar-refractivity contribution in [1.82, 2.24) is 9.80 Å². The Bertz CT molecular complexity index is 618. The lowest BCUT2D eigenvalue weighted by molar-refractivity contribution is -0.133. The lowest BCUT2D eigenvalue weighted by atomic mass is 9.94. The van der Waals surface area contributed by atoms with E-state index in [-0.39, 0.29) is 30.7 Å². The average Bonchev–Trinajstić information content (AvgIpc) is 2.57. The van der Waals surface area contributed by atoms with E-state index in [1.54, 1.807) is 23.9 Å². The Kier molecular flexibility index (Phi) is 6.87. The number of carbonyl (C=O) groups is 2. The fourth-order valence-corrected chi connectivity index (χ4v) is 3.10. The molecule has 1 N–H and O–H groups in total. The third-order valence-corrected chi connectivity index (χ3v) is 4.54. The molecule has 0 aliphatic heterocycles. The van der Waals surface area contributed by atoms with E-state index in [2.05, 4.69) is 5.32 Å². The van der Waals surface area contributed by atoms with Gasteiger partial charge in [-0.2, -0.15) is 0 Å². The van der Waals surface area contributed by atoms with Crippen LogP contribution in [0.5, 0.6) is 0 Å². The van der Waals surface area contributed by atoms with Gasteiger partial charge in [0.15, 0.2) is 0 Å². The highest BCUT2D eigenvalue weighted by Crippen LogP contribution is 2.21. The van der Waals surface area contributed by atoms with Gasteiger partial charge in [0.2, 0.25) is 11.8 Å². The summed E-state index contributed by atoms with van der Waals surface area (Å²) in [5, 5.41) is 2.39. The quantitative estimate of drug-likeness (QED) is 0.855. The van der Waals surface area contributed by atoms with Gasteiger partial charge in [-0.3, -0.25) is 14.5 Å². The number of nitrogens with one attached hydrogen (secondary N) is 1. The Hall–Kier alpha value is -2.02. The molecule has 1 fully saturated rings.